The summed E-state index contributed by atoms with van der Waals surface area (Å²) in [5, 5.41) is 3.00. The quantitative estimate of drug-likeness (QED) is 0.759. The van der Waals surface area contributed by atoms with Crippen LogP contribution in [0.25, 0.3) is 0 Å². The van der Waals surface area contributed by atoms with Crippen molar-refractivity contribution in [3.63, 3.8) is 0 Å². The fraction of sp³-hybridized carbons (Fsp3) is 0.435. The molecule has 1 aliphatic heterocycles. The van der Waals surface area contributed by atoms with E-state index in [-0.39, 0.29) is 12.0 Å². The van der Waals surface area contributed by atoms with Gasteiger partial charge in [-0.15, -0.1) is 0 Å². The van der Waals surface area contributed by atoms with Crippen LogP contribution in [-0.2, 0) is 11.3 Å². The molecular weight excluding hydrogens is 350 g/mol. The van der Waals surface area contributed by atoms with Crippen LogP contribution in [0.1, 0.15) is 25.8 Å². The third-order valence-corrected chi connectivity index (χ3v) is 4.89. The van der Waals surface area contributed by atoms with Crippen LogP contribution in [0.15, 0.2) is 54.6 Å². The molecule has 0 spiro atoms. The summed E-state index contributed by atoms with van der Waals surface area (Å²) in [4.78, 5) is 17.2. The van der Waals surface area contributed by atoms with Crippen LogP contribution in [0.4, 0.5) is 5.69 Å². The molecule has 1 N–H and O–H groups in total. The van der Waals surface area contributed by atoms with Gasteiger partial charge in [0.2, 0.25) is 5.91 Å². The maximum Gasteiger partial charge on any atom is 0.225 e. The van der Waals surface area contributed by atoms with E-state index in [4.69, 9.17) is 4.74 Å². The second-order valence-electron chi connectivity index (χ2n) is 7.56. The largest absolute Gasteiger partial charge is 0.489 e. The number of nitrogens with zero attached hydrogens (tertiary/aromatic N) is 2. The summed E-state index contributed by atoms with van der Waals surface area (Å²) in [6.45, 7) is 9.86. The van der Waals surface area contributed by atoms with E-state index in [9.17, 15) is 4.79 Å². The summed E-state index contributed by atoms with van der Waals surface area (Å²) in [5.74, 6) is 0.756. The predicted molar refractivity (Wildman–Crippen MR) is 114 cm³/mol. The van der Waals surface area contributed by atoms with Crippen LogP contribution in [0.2, 0.25) is 0 Å². The number of carbonyl (C=O) groups excluding carboxylic acids is 1. The maximum atomic E-state index is 12.4. The first-order chi connectivity index (χ1) is 13.6. The molecule has 0 atom stereocenters. The van der Waals surface area contributed by atoms with Crippen molar-refractivity contribution in [3.05, 3.63) is 60.2 Å². The first kappa shape index (κ1) is 20.4. The van der Waals surface area contributed by atoms with Crippen molar-refractivity contribution in [1.82, 2.24) is 9.80 Å². The maximum absolute atomic E-state index is 12.4. The second kappa shape index (κ2) is 10.2. The molecule has 0 radical (unpaired) electrons. The Labute approximate surface area is 168 Å². The minimum absolute atomic E-state index is 0.0338. The number of rotatable bonds is 8. The number of hydrogen-bond acceptors (Lipinski definition) is 4. The molecule has 5 nitrogen and oxygen atoms in total. The van der Waals surface area contributed by atoms with Crippen LogP contribution in [0.3, 0.4) is 0 Å². The van der Waals surface area contributed by atoms with Gasteiger partial charge in [-0.05, 0) is 31.5 Å². The molecule has 1 saturated heterocycles. The Kier molecular flexibility index (Phi) is 7.46. The molecule has 1 amide bonds. The van der Waals surface area contributed by atoms with Gasteiger partial charge in [-0.2, -0.15) is 0 Å². The van der Waals surface area contributed by atoms with Gasteiger partial charge in [-0.1, -0.05) is 42.5 Å². The number of carbonyl (C=O) groups is 1. The molecule has 1 fully saturated rings. The highest BCUT2D eigenvalue weighted by molar-refractivity contribution is 5.92. The molecule has 28 heavy (non-hydrogen) atoms. The Morgan fingerprint density at radius 3 is 2.32 bits per heavy atom. The minimum atomic E-state index is 0.0338. The standard InChI is InChI=1S/C23H31N3O2/c1-19(2)28-22-11-7-6-10-21(22)24-23(27)12-13-25-14-16-26(17-15-25)18-20-8-4-3-5-9-20/h3-11,19H,12-18H2,1-2H3,(H,24,27). The van der Waals surface area contributed by atoms with E-state index >= 15 is 0 Å². The molecular formula is C23H31N3O2. The van der Waals surface area contributed by atoms with Gasteiger partial charge in [0.05, 0.1) is 11.8 Å². The number of benzene rings is 2. The van der Waals surface area contributed by atoms with Gasteiger partial charge in [-0.3, -0.25) is 9.69 Å². The fourth-order valence-electron chi connectivity index (χ4n) is 3.41. The average molecular weight is 382 g/mol. The summed E-state index contributed by atoms with van der Waals surface area (Å²) in [6, 6.07) is 18.2. The molecule has 1 aliphatic rings. The van der Waals surface area contributed by atoms with Crippen LogP contribution < -0.4 is 10.1 Å². The molecule has 0 saturated carbocycles. The summed E-state index contributed by atoms with van der Waals surface area (Å²) in [5.41, 5.74) is 2.10. The van der Waals surface area contributed by atoms with Crippen LogP contribution in [-0.4, -0.2) is 54.5 Å². The molecule has 5 heteroatoms. The van der Waals surface area contributed by atoms with Crippen molar-refractivity contribution < 1.29 is 9.53 Å². The lowest BCUT2D eigenvalue weighted by Gasteiger charge is -2.34. The number of piperazine rings is 1. The lowest BCUT2D eigenvalue weighted by atomic mass is 10.2. The number of ether oxygens (including phenoxy) is 1. The van der Waals surface area contributed by atoms with Crippen molar-refractivity contribution in [1.29, 1.82) is 0 Å². The molecule has 0 unspecified atom stereocenters. The van der Waals surface area contributed by atoms with Gasteiger partial charge in [0.1, 0.15) is 5.75 Å². The third-order valence-electron chi connectivity index (χ3n) is 4.89. The van der Waals surface area contributed by atoms with E-state index in [1.807, 2.05) is 38.1 Å². The Balaban J connectivity index is 1.40. The summed E-state index contributed by atoms with van der Waals surface area (Å²) in [7, 11) is 0. The molecule has 3 rings (SSSR count). The van der Waals surface area contributed by atoms with Crippen LogP contribution >= 0.6 is 0 Å². The van der Waals surface area contributed by atoms with Gasteiger partial charge >= 0.3 is 0 Å². The SMILES string of the molecule is CC(C)Oc1ccccc1NC(=O)CCN1CCN(Cc2ccccc2)CC1. The lowest BCUT2D eigenvalue weighted by molar-refractivity contribution is -0.116. The van der Waals surface area contributed by atoms with Crippen molar-refractivity contribution in [2.24, 2.45) is 0 Å². The van der Waals surface area contributed by atoms with E-state index in [0.29, 0.717) is 6.42 Å². The summed E-state index contributed by atoms with van der Waals surface area (Å²) in [6.07, 6.45) is 0.569. The first-order valence-corrected chi connectivity index (χ1v) is 10.1. The minimum Gasteiger partial charge on any atom is -0.489 e. The molecule has 1 heterocycles. The Morgan fingerprint density at radius 2 is 1.61 bits per heavy atom. The fourth-order valence-corrected chi connectivity index (χ4v) is 3.41. The zero-order valence-corrected chi connectivity index (χ0v) is 16.9. The smallest absolute Gasteiger partial charge is 0.225 e. The van der Waals surface area contributed by atoms with Gasteiger partial charge < -0.3 is 15.0 Å². The van der Waals surface area contributed by atoms with E-state index in [1.165, 1.54) is 5.56 Å². The highest BCUT2D eigenvalue weighted by Crippen LogP contribution is 2.25. The van der Waals surface area contributed by atoms with Gasteiger partial charge in [0.25, 0.3) is 0 Å². The average Bonchev–Trinajstić information content (AvgIpc) is 2.69. The van der Waals surface area contributed by atoms with Gasteiger partial charge in [0, 0.05) is 45.7 Å². The van der Waals surface area contributed by atoms with Crippen molar-refractivity contribution in [2.75, 3.05) is 38.0 Å². The number of para-hydroxylation sites is 2. The van der Waals surface area contributed by atoms with Crippen molar-refractivity contribution >= 4 is 11.6 Å². The van der Waals surface area contributed by atoms with E-state index in [2.05, 4.69) is 45.4 Å². The number of amides is 1. The molecule has 0 aliphatic carbocycles. The topological polar surface area (TPSA) is 44.8 Å². The number of nitrogens with one attached hydrogen (secondary N) is 1. The van der Waals surface area contributed by atoms with Crippen molar-refractivity contribution in [2.45, 2.75) is 32.9 Å². The Bertz CT molecular complexity index is 741. The highest BCUT2D eigenvalue weighted by Gasteiger charge is 2.18. The monoisotopic (exact) mass is 381 g/mol. The molecule has 2 aromatic carbocycles. The summed E-state index contributed by atoms with van der Waals surface area (Å²) >= 11 is 0. The summed E-state index contributed by atoms with van der Waals surface area (Å²) < 4.78 is 5.77. The van der Waals surface area contributed by atoms with E-state index < -0.39 is 0 Å². The molecule has 2 aromatic rings. The Morgan fingerprint density at radius 1 is 0.964 bits per heavy atom. The molecule has 0 bridgehead atoms. The Hall–Kier alpha value is -2.37. The van der Waals surface area contributed by atoms with Crippen molar-refractivity contribution in [3.8, 4) is 5.75 Å². The number of hydrogen-bond donors (Lipinski definition) is 1. The molecule has 0 aromatic heterocycles. The van der Waals surface area contributed by atoms with E-state index in [0.717, 1.165) is 50.7 Å². The zero-order valence-electron chi connectivity index (χ0n) is 16.9. The lowest BCUT2D eigenvalue weighted by Crippen LogP contribution is -2.46. The first-order valence-electron chi connectivity index (χ1n) is 10.1. The second-order valence-corrected chi connectivity index (χ2v) is 7.56. The number of anilines is 1. The van der Waals surface area contributed by atoms with Gasteiger partial charge in [-0.25, -0.2) is 0 Å². The van der Waals surface area contributed by atoms with Crippen LogP contribution in [0.5, 0.6) is 5.75 Å². The van der Waals surface area contributed by atoms with Crippen LogP contribution in [0, 0.1) is 0 Å². The predicted octanol–water partition coefficient (Wildman–Crippen LogP) is 3.62. The van der Waals surface area contributed by atoms with Gasteiger partial charge in [0.15, 0.2) is 0 Å². The van der Waals surface area contributed by atoms with E-state index in [1.54, 1.807) is 0 Å². The highest BCUT2D eigenvalue weighted by atomic mass is 16.5. The molecule has 150 valence electrons. The normalized spacial score (nSPS) is 15.5. The third kappa shape index (κ3) is 6.36. The zero-order chi connectivity index (χ0) is 19.8.